The fourth-order valence-electron chi connectivity index (χ4n) is 10.9. The van der Waals surface area contributed by atoms with Crippen LogP contribution in [0.2, 0.25) is 0 Å². The molecule has 2 atom stereocenters. The Bertz CT molecular complexity index is 1920. The molecular weight excluding hydrogens is 1160 g/mol. The van der Waals surface area contributed by atoms with Crippen molar-refractivity contribution in [1.82, 2.24) is 0 Å². The summed E-state index contributed by atoms with van der Waals surface area (Å²) in [7, 11) is 1.49. The normalized spacial score (nSPS) is 13.7. The molecule has 92 heavy (non-hydrogen) atoms. The van der Waals surface area contributed by atoms with E-state index in [0.29, 0.717) is 17.4 Å². The lowest BCUT2D eigenvalue weighted by Gasteiger charge is -2.24. The van der Waals surface area contributed by atoms with Gasteiger partial charge in [-0.2, -0.15) is 0 Å². The lowest BCUT2D eigenvalue weighted by molar-refractivity contribution is -0.870. The van der Waals surface area contributed by atoms with E-state index in [9.17, 15) is 19.0 Å². The molecule has 0 aliphatic carbocycles. The molecule has 0 aromatic carbocycles. The number of carbonyl (C=O) groups excluding carboxylic acids is 2. The van der Waals surface area contributed by atoms with Gasteiger partial charge in [-0.05, 0) is 103 Å². The number of quaternary nitrogens is 1. The van der Waals surface area contributed by atoms with Crippen molar-refractivity contribution in [3.8, 4) is 0 Å². The number of unbranched alkanes of at least 4 members (excludes halogenated alkanes) is 39. The summed E-state index contributed by atoms with van der Waals surface area (Å²) in [5.41, 5.74) is 0. The third-order valence-corrected chi connectivity index (χ3v) is 17.8. The van der Waals surface area contributed by atoms with Gasteiger partial charge in [0.25, 0.3) is 0 Å². The number of rotatable bonds is 71. The highest BCUT2D eigenvalue weighted by Crippen LogP contribution is 2.43. The molecule has 1 N–H and O–H groups in total. The van der Waals surface area contributed by atoms with Crippen LogP contribution in [-0.2, 0) is 32.7 Å². The first-order chi connectivity index (χ1) is 45.0. The Kier molecular flexibility index (Phi) is 69.3. The van der Waals surface area contributed by atoms with Crippen LogP contribution in [-0.4, -0.2) is 74.9 Å². The average molecular weight is 1310 g/mol. The van der Waals surface area contributed by atoms with Crippen LogP contribution < -0.4 is 0 Å². The first kappa shape index (κ1) is 88.7. The van der Waals surface area contributed by atoms with Gasteiger partial charge < -0.3 is 18.9 Å². The third kappa shape index (κ3) is 75.7. The van der Waals surface area contributed by atoms with Gasteiger partial charge in [-0.1, -0.05) is 342 Å². The van der Waals surface area contributed by atoms with Crippen LogP contribution >= 0.6 is 7.82 Å². The van der Waals surface area contributed by atoms with Gasteiger partial charge in [0.1, 0.15) is 19.8 Å². The second-order valence-electron chi connectivity index (χ2n) is 27.0. The zero-order chi connectivity index (χ0) is 66.9. The number of phosphoric acid groups is 1. The minimum Gasteiger partial charge on any atom is -0.462 e. The molecule has 0 aromatic rings. The Balaban J connectivity index is 3.96. The Morgan fingerprint density at radius 1 is 0.348 bits per heavy atom. The summed E-state index contributed by atoms with van der Waals surface area (Å²) >= 11 is 0. The molecule has 10 heteroatoms. The van der Waals surface area contributed by atoms with E-state index < -0.39 is 26.5 Å². The predicted octanol–water partition coefficient (Wildman–Crippen LogP) is 25.6. The van der Waals surface area contributed by atoms with Crippen LogP contribution in [0.5, 0.6) is 0 Å². The van der Waals surface area contributed by atoms with Crippen molar-refractivity contribution in [3.05, 3.63) is 109 Å². The summed E-state index contributed by atoms with van der Waals surface area (Å²) in [6, 6.07) is 0. The van der Waals surface area contributed by atoms with Gasteiger partial charge in [0.05, 0.1) is 27.7 Å². The monoisotopic (exact) mass is 1310 g/mol. The smallest absolute Gasteiger partial charge is 0.462 e. The molecule has 0 spiro atoms. The number of allylic oxidation sites excluding steroid dienone is 18. The van der Waals surface area contributed by atoms with Gasteiger partial charge in [-0.25, -0.2) is 4.57 Å². The number of likely N-dealkylation sites (N-methyl/N-ethyl adjacent to an activating group) is 1. The number of nitrogens with zero attached hydrogens (tertiary/aromatic N) is 1. The zero-order valence-corrected chi connectivity index (χ0v) is 61.7. The minimum atomic E-state index is -4.40. The lowest BCUT2D eigenvalue weighted by Crippen LogP contribution is -2.37. The van der Waals surface area contributed by atoms with Crippen molar-refractivity contribution >= 4 is 19.8 Å². The van der Waals surface area contributed by atoms with Crippen molar-refractivity contribution in [2.75, 3.05) is 47.5 Å². The molecule has 0 rings (SSSR count). The SMILES string of the molecule is CC/C=C\C/C=C\C/C=C\C/C=C\C/C=C\C/C=C\C/C=C\CCCCCCCCCCCCCCCCCCCCCC(=O)OC(COC(=O)CCCCCCCCCCCCCCCCC/C=C\C/C=C\CCCCCCC)COP(=O)(O)OCC[N+](C)(C)C. The molecule has 0 radical (unpaired) electrons. The van der Waals surface area contributed by atoms with Crippen LogP contribution in [0.4, 0.5) is 0 Å². The third-order valence-electron chi connectivity index (χ3n) is 16.8. The molecule has 0 fully saturated rings. The average Bonchev–Trinajstić information content (AvgIpc) is 2.23. The number of esters is 2. The summed E-state index contributed by atoms with van der Waals surface area (Å²) in [5.74, 6) is -0.784. The number of carbonyl (C=O) groups is 2. The fraction of sp³-hybridized carbons (Fsp3) is 0.756. The molecule has 0 saturated heterocycles. The molecule has 9 nitrogen and oxygen atoms in total. The van der Waals surface area contributed by atoms with E-state index >= 15 is 0 Å². The molecule has 0 amide bonds. The maximum Gasteiger partial charge on any atom is 0.472 e. The molecule has 0 aliphatic heterocycles. The van der Waals surface area contributed by atoms with Crippen LogP contribution in [0.25, 0.3) is 0 Å². The molecule has 532 valence electrons. The highest BCUT2D eigenvalue weighted by molar-refractivity contribution is 7.47. The van der Waals surface area contributed by atoms with E-state index in [-0.39, 0.29) is 32.0 Å². The quantitative estimate of drug-likeness (QED) is 0.0211. The van der Waals surface area contributed by atoms with E-state index in [0.717, 1.165) is 83.5 Å². The Labute approximate surface area is 569 Å². The molecule has 0 aliphatic rings. The summed E-state index contributed by atoms with van der Waals surface area (Å²) in [6.07, 6.45) is 102. The van der Waals surface area contributed by atoms with E-state index in [4.69, 9.17) is 18.5 Å². The highest BCUT2D eigenvalue weighted by Gasteiger charge is 2.27. The highest BCUT2D eigenvalue weighted by atomic mass is 31.2. The first-order valence-corrected chi connectivity index (χ1v) is 40.1. The maximum absolute atomic E-state index is 12.9. The number of hydrogen-bond donors (Lipinski definition) is 1. The summed E-state index contributed by atoms with van der Waals surface area (Å²) in [4.78, 5) is 36.0. The summed E-state index contributed by atoms with van der Waals surface area (Å²) in [5, 5.41) is 0. The van der Waals surface area contributed by atoms with Gasteiger partial charge in [0.2, 0.25) is 0 Å². The zero-order valence-electron chi connectivity index (χ0n) is 60.8. The Hall–Kier alpha value is -3.33. The van der Waals surface area contributed by atoms with Crippen molar-refractivity contribution in [2.24, 2.45) is 0 Å². The summed E-state index contributed by atoms with van der Waals surface area (Å²) < 4.78 is 34.8. The second-order valence-corrected chi connectivity index (χ2v) is 28.5. The number of hydrogen-bond acceptors (Lipinski definition) is 7. The standard InChI is InChI=1S/C82H146NO8P/c1-6-8-10-12-14-16-18-20-22-24-26-28-30-32-34-35-36-37-38-39-40-41-42-43-44-45-46-47-49-51-53-55-57-59-61-63-65-67-69-71-73-75-82(85)91-80(79-90-92(86,87)89-77-76-83(3,4)5)78-88-81(84)74-72-70-68-66-64-62-60-58-56-54-52-50-48-33-31-29-27-25-23-21-19-17-15-13-11-9-7-2/h8,10,14,16,19-22,25-28,32,34,36-37,39-40,80H,6-7,9,11-13,15,17-18,23-24,29-31,33,35,38,41-79H2,1-5H3/p+1/b10-8-,16-14-,21-19-,22-20-,27-25-,28-26-,34-32-,37-36-,40-39-. The predicted molar refractivity (Wildman–Crippen MR) is 399 cm³/mol. The number of phosphoric ester groups is 1. The molecule has 0 heterocycles. The van der Waals surface area contributed by atoms with Gasteiger partial charge in [0.15, 0.2) is 6.10 Å². The van der Waals surface area contributed by atoms with Crippen molar-refractivity contribution in [2.45, 2.75) is 354 Å². The Morgan fingerprint density at radius 2 is 0.620 bits per heavy atom. The largest absolute Gasteiger partial charge is 0.472 e. The molecule has 2 unspecified atom stereocenters. The van der Waals surface area contributed by atoms with Gasteiger partial charge in [-0.15, -0.1) is 0 Å². The maximum atomic E-state index is 12.9. The Morgan fingerprint density at radius 3 is 0.924 bits per heavy atom. The van der Waals surface area contributed by atoms with Crippen LogP contribution in [0.3, 0.4) is 0 Å². The van der Waals surface area contributed by atoms with Crippen LogP contribution in [0.15, 0.2) is 109 Å². The lowest BCUT2D eigenvalue weighted by atomic mass is 10.0. The van der Waals surface area contributed by atoms with E-state index in [2.05, 4.69) is 123 Å². The topological polar surface area (TPSA) is 108 Å². The minimum absolute atomic E-state index is 0.0307. The van der Waals surface area contributed by atoms with Gasteiger partial charge in [0, 0.05) is 12.8 Å². The van der Waals surface area contributed by atoms with E-state index in [1.54, 1.807) is 0 Å². The van der Waals surface area contributed by atoms with Crippen molar-refractivity contribution < 1.29 is 42.1 Å². The first-order valence-electron chi connectivity index (χ1n) is 38.6. The van der Waals surface area contributed by atoms with Crippen molar-refractivity contribution in [3.63, 3.8) is 0 Å². The van der Waals surface area contributed by atoms with Crippen molar-refractivity contribution in [1.29, 1.82) is 0 Å². The van der Waals surface area contributed by atoms with E-state index in [1.807, 2.05) is 21.1 Å². The molecule has 0 aromatic heterocycles. The molecular formula is C82H147NO8P+. The molecule has 0 saturated carbocycles. The fourth-order valence-corrected chi connectivity index (χ4v) is 11.7. The van der Waals surface area contributed by atoms with Gasteiger partial charge in [-0.3, -0.25) is 18.6 Å². The molecule has 0 bridgehead atoms. The second kappa shape index (κ2) is 72.0. The van der Waals surface area contributed by atoms with Crippen LogP contribution in [0.1, 0.15) is 348 Å². The van der Waals surface area contributed by atoms with Gasteiger partial charge >= 0.3 is 19.8 Å². The summed E-state index contributed by atoms with van der Waals surface area (Å²) in [6.45, 7) is 4.35. The van der Waals surface area contributed by atoms with E-state index in [1.165, 1.54) is 231 Å². The number of ether oxygens (including phenoxy) is 2. The van der Waals surface area contributed by atoms with Crippen LogP contribution in [0, 0.1) is 0 Å².